The van der Waals surface area contributed by atoms with Gasteiger partial charge in [-0.1, -0.05) is 37.5 Å². The second-order valence-corrected chi connectivity index (χ2v) is 6.25. The van der Waals surface area contributed by atoms with E-state index in [1.807, 2.05) is 13.1 Å². The van der Waals surface area contributed by atoms with Gasteiger partial charge in [-0.15, -0.1) is 0 Å². The fraction of sp³-hybridized carbons (Fsp3) is 0.667. The molecule has 1 aliphatic rings. The van der Waals surface area contributed by atoms with E-state index in [-0.39, 0.29) is 0 Å². The molecule has 21 heavy (non-hydrogen) atoms. The highest BCUT2D eigenvalue weighted by Crippen LogP contribution is 2.24. The van der Waals surface area contributed by atoms with Crippen molar-refractivity contribution in [2.75, 3.05) is 33.8 Å². The second kappa shape index (κ2) is 9.06. The third kappa shape index (κ3) is 5.68. The maximum absolute atomic E-state index is 5.97. The Labute approximate surface area is 129 Å². The summed E-state index contributed by atoms with van der Waals surface area (Å²) in [4.78, 5) is 2.43. The van der Waals surface area contributed by atoms with Gasteiger partial charge in [0.1, 0.15) is 12.4 Å². The first-order chi connectivity index (χ1) is 10.3. The molecule has 0 radical (unpaired) electrons. The first kappa shape index (κ1) is 16.3. The highest BCUT2D eigenvalue weighted by molar-refractivity contribution is 5.33. The Kier molecular flexibility index (Phi) is 7.04. The van der Waals surface area contributed by atoms with Gasteiger partial charge in [0.05, 0.1) is 0 Å². The third-order valence-corrected chi connectivity index (χ3v) is 4.37. The van der Waals surface area contributed by atoms with E-state index < -0.39 is 0 Å². The van der Waals surface area contributed by atoms with Crippen molar-refractivity contribution in [3.63, 3.8) is 0 Å². The molecule has 0 bridgehead atoms. The molecule has 0 aliphatic heterocycles. The average molecular weight is 290 g/mol. The Morgan fingerprint density at radius 2 is 1.95 bits per heavy atom. The van der Waals surface area contributed by atoms with E-state index in [2.05, 4.69) is 35.5 Å². The molecule has 0 aromatic heterocycles. The van der Waals surface area contributed by atoms with Gasteiger partial charge < -0.3 is 15.0 Å². The molecular weight excluding hydrogens is 260 g/mol. The molecule has 1 fully saturated rings. The minimum absolute atomic E-state index is 0.768. The number of rotatable bonds is 8. The standard InChI is InChI=1S/C18H30N2O/c1-19-14-17-10-6-7-11-18(17)21-13-12-20(2)15-16-8-4-3-5-9-16/h6-7,10-11,16,19H,3-5,8-9,12-15H2,1-2H3. The molecule has 118 valence electrons. The summed E-state index contributed by atoms with van der Waals surface area (Å²) < 4.78 is 5.97. The maximum atomic E-state index is 5.97. The summed E-state index contributed by atoms with van der Waals surface area (Å²) in [5.74, 6) is 1.92. The molecule has 2 rings (SSSR count). The zero-order valence-electron chi connectivity index (χ0n) is 13.6. The van der Waals surface area contributed by atoms with Gasteiger partial charge in [0, 0.05) is 25.2 Å². The van der Waals surface area contributed by atoms with E-state index in [1.165, 1.54) is 44.2 Å². The zero-order chi connectivity index (χ0) is 14.9. The molecule has 1 N–H and O–H groups in total. The number of hydrogen-bond donors (Lipinski definition) is 1. The van der Waals surface area contributed by atoms with Crippen LogP contribution in [0.25, 0.3) is 0 Å². The number of benzene rings is 1. The molecule has 0 atom stereocenters. The first-order valence-electron chi connectivity index (χ1n) is 8.33. The quantitative estimate of drug-likeness (QED) is 0.795. The predicted octanol–water partition coefficient (Wildman–Crippen LogP) is 3.30. The van der Waals surface area contributed by atoms with Crippen LogP contribution >= 0.6 is 0 Å². The van der Waals surface area contributed by atoms with Crippen molar-refractivity contribution in [3.05, 3.63) is 29.8 Å². The predicted molar refractivity (Wildman–Crippen MR) is 88.8 cm³/mol. The number of likely N-dealkylation sites (N-methyl/N-ethyl adjacent to an activating group) is 1. The van der Waals surface area contributed by atoms with Crippen LogP contribution in [0.2, 0.25) is 0 Å². The van der Waals surface area contributed by atoms with Gasteiger partial charge in [0.25, 0.3) is 0 Å². The fourth-order valence-electron chi connectivity index (χ4n) is 3.19. The molecular formula is C18H30N2O. The lowest BCUT2D eigenvalue weighted by Crippen LogP contribution is -2.30. The van der Waals surface area contributed by atoms with Gasteiger partial charge >= 0.3 is 0 Å². The molecule has 1 aromatic carbocycles. The van der Waals surface area contributed by atoms with Gasteiger partial charge in [0.15, 0.2) is 0 Å². The highest BCUT2D eigenvalue weighted by atomic mass is 16.5. The number of ether oxygens (including phenoxy) is 1. The Balaban J connectivity index is 1.70. The van der Waals surface area contributed by atoms with Gasteiger partial charge in [-0.05, 0) is 38.9 Å². The summed E-state index contributed by atoms with van der Waals surface area (Å²) in [7, 11) is 4.19. The van der Waals surface area contributed by atoms with Crippen molar-refractivity contribution in [3.8, 4) is 5.75 Å². The van der Waals surface area contributed by atoms with Crippen molar-refractivity contribution < 1.29 is 4.74 Å². The molecule has 0 saturated heterocycles. The number of para-hydroxylation sites is 1. The van der Waals surface area contributed by atoms with Crippen molar-refractivity contribution >= 4 is 0 Å². The van der Waals surface area contributed by atoms with Gasteiger partial charge in [-0.2, -0.15) is 0 Å². The van der Waals surface area contributed by atoms with Crippen LogP contribution in [0.1, 0.15) is 37.7 Å². The maximum Gasteiger partial charge on any atom is 0.123 e. The minimum Gasteiger partial charge on any atom is -0.492 e. The highest BCUT2D eigenvalue weighted by Gasteiger charge is 2.15. The summed E-state index contributed by atoms with van der Waals surface area (Å²) in [6, 6.07) is 8.29. The number of nitrogens with zero attached hydrogens (tertiary/aromatic N) is 1. The Morgan fingerprint density at radius 1 is 1.19 bits per heavy atom. The smallest absolute Gasteiger partial charge is 0.123 e. The molecule has 3 nitrogen and oxygen atoms in total. The molecule has 1 aliphatic carbocycles. The van der Waals surface area contributed by atoms with E-state index >= 15 is 0 Å². The van der Waals surface area contributed by atoms with E-state index in [9.17, 15) is 0 Å². The molecule has 1 saturated carbocycles. The molecule has 1 aromatic rings. The van der Waals surface area contributed by atoms with Crippen LogP contribution in [0.5, 0.6) is 5.75 Å². The third-order valence-electron chi connectivity index (χ3n) is 4.37. The van der Waals surface area contributed by atoms with Crippen molar-refractivity contribution in [2.45, 2.75) is 38.6 Å². The Hall–Kier alpha value is -1.06. The monoisotopic (exact) mass is 290 g/mol. The molecule has 0 spiro atoms. The van der Waals surface area contributed by atoms with E-state index in [1.54, 1.807) is 0 Å². The SMILES string of the molecule is CNCc1ccccc1OCCN(C)CC1CCCCC1. The van der Waals surface area contributed by atoms with Crippen molar-refractivity contribution in [2.24, 2.45) is 5.92 Å². The summed E-state index contributed by atoms with van der Waals surface area (Å²) in [6.07, 6.45) is 7.11. The lowest BCUT2D eigenvalue weighted by atomic mass is 9.89. The Morgan fingerprint density at radius 3 is 2.71 bits per heavy atom. The van der Waals surface area contributed by atoms with Gasteiger partial charge in [-0.3, -0.25) is 0 Å². The van der Waals surface area contributed by atoms with Gasteiger partial charge in [-0.25, -0.2) is 0 Å². The summed E-state index contributed by atoms with van der Waals surface area (Å²) in [6.45, 7) is 3.85. The van der Waals surface area contributed by atoms with Crippen molar-refractivity contribution in [1.82, 2.24) is 10.2 Å². The summed E-state index contributed by atoms with van der Waals surface area (Å²) in [5.41, 5.74) is 1.23. The van der Waals surface area contributed by atoms with E-state index in [0.717, 1.165) is 31.4 Å². The van der Waals surface area contributed by atoms with Crippen LogP contribution in [-0.2, 0) is 6.54 Å². The lowest BCUT2D eigenvalue weighted by molar-refractivity contribution is 0.195. The zero-order valence-corrected chi connectivity index (χ0v) is 13.6. The molecule has 0 unspecified atom stereocenters. The second-order valence-electron chi connectivity index (χ2n) is 6.25. The molecule has 3 heteroatoms. The summed E-state index contributed by atoms with van der Waals surface area (Å²) in [5, 5.41) is 3.19. The Bertz CT molecular complexity index is 402. The largest absolute Gasteiger partial charge is 0.492 e. The van der Waals surface area contributed by atoms with E-state index in [4.69, 9.17) is 4.74 Å². The van der Waals surface area contributed by atoms with Crippen molar-refractivity contribution in [1.29, 1.82) is 0 Å². The van der Waals surface area contributed by atoms with Crippen LogP contribution < -0.4 is 10.1 Å². The molecule has 0 amide bonds. The summed E-state index contributed by atoms with van der Waals surface area (Å²) >= 11 is 0. The topological polar surface area (TPSA) is 24.5 Å². The number of nitrogens with one attached hydrogen (secondary N) is 1. The van der Waals surface area contributed by atoms with Crippen LogP contribution in [0.4, 0.5) is 0 Å². The fourth-order valence-corrected chi connectivity index (χ4v) is 3.19. The van der Waals surface area contributed by atoms with Crippen LogP contribution in [-0.4, -0.2) is 38.7 Å². The van der Waals surface area contributed by atoms with Crippen LogP contribution in [0, 0.1) is 5.92 Å². The number of hydrogen-bond acceptors (Lipinski definition) is 3. The average Bonchev–Trinajstić information content (AvgIpc) is 2.50. The van der Waals surface area contributed by atoms with E-state index in [0.29, 0.717) is 0 Å². The normalized spacial score (nSPS) is 16.3. The van der Waals surface area contributed by atoms with Crippen LogP contribution in [0.15, 0.2) is 24.3 Å². The molecule has 0 heterocycles. The van der Waals surface area contributed by atoms with Crippen LogP contribution in [0.3, 0.4) is 0 Å². The first-order valence-corrected chi connectivity index (χ1v) is 8.33. The minimum atomic E-state index is 0.768. The van der Waals surface area contributed by atoms with Gasteiger partial charge in [0.2, 0.25) is 0 Å². The lowest BCUT2D eigenvalue weighted by Gasteiger charge is -2.27.